The summed E-state index contributed by atoms with van der Waals surface area (Å²) in [6.07, 6.45) is 3.24. The van der Waals surface area contributed by atoms with Crippen molar-refractivity contribution in [3.05, 3.63) is 39.3 Å². The second kappa shape index (κ2) is 8.97. The monoisotopic (exact) mass is 390 g/mol. The molecule has 0 saturated carbocycles. The first-order chi connectivity index (χ1) is 12.6. The van der Waals surface area contributed by atoms with Crippen molar-refractivity contribution in [2.45, 2.75) is 38.4 Å². The highest BCUT2D eigenvalue weighted by Crippen LogP contribution is 2.18. The molecule has 0 N–H and O–H groups in total. The topological polar surface area (TPSA) is 49.3 Å². The fourth-order valence-electron chi connectivity index (χ4n) is 3.35. The van der Waals surface area contributed by atoms with E-state index < -0.39 is 0 Å². The molecule has 5 nitrogen and oxygen atoms in total. The Bertz CT molecular complexity index is 717. The SMILES string of the molecule is CSc1nc(C)c(CCC(=O)N2CCN(Cc3ccsc3)CC2)c(C)n1. The molecule has 26 heavy (non-hydrogen) atoms. The summed E-state index contributed by atoms with van der Waals surface area (Å²) in [7, 11) is 0. The molecule has 1 saturated heterocycles. The van der Waals surface area contributed by atoms with Crippen LogP contribution in [0, 0.1) is 13.8 Å². The molecule has 0 radical (unpaired) electrons. The Kier molecular flexibility index (Phi) is 6.67. The van der Waals surface area contributed by atoms with Crippen molar-refractivity contribution in [1.82, 2.24) is 19.8 Å². The molecule has 0 atom stereocenters. The van der Waals surface area contributed by atoms with Crippen molar-refractivity contribution in [3.63, 3.8) is 0 Å². The summed E-state index contributed by atoms with van der Waals surface area (Å²) in [6.45, 7) is 8.56. The number of nitrogens with zero attached hydrogens (tertiary/aromatic N) is 4. The van der Waals surface area contributed by atoms with E-state index in [1.165, 1.54) is 5.56 Å². The van der Waals surface area contributed by atoms with Gasteiger partial charge in [0.15, 0.2) is 5.16 Å². The first kappa shape index (κ1) is 19.3. The van der Waals surface area contributed by atoms with Crippen LogP contribution in [0.4, 0.5) is 0 Å². The van der Waals surface area contributed by atoms with Gasteiger partial charge >= 0.3 is 0 Å². The normalized spacial score (nSPS) is 15.4. The third-order valence-electron chi connectivity index (χ3n) is 4.88. The molecule has 1 fully saturated rings. The van der Waals surface area contributed by atoms with Gasteiger partial charge in [0.1, 0.15) is 0 Å². The van der Waals surface area contributed by atoms with Crippen LogP contribution in [-0.4, -0.2) is 58.1 Å². The molecule has 140 valence electrons. The molecule has 0 aromatic carbocycles. The quantitative estimate of drug-likeness (QED) is 0.560. The number of piperazine rings is 1. The van der Waals surface area contributed by atoms with Crippen LogP contribution >= 0.6 is 23.1 Å². The number of aromatic nitrogens is 2. The molecule has 1 amide bonds. The third kappa shape index (κ3) is 4.84. The summed E-state index contributed by atoms with van der Waals surface area (Å²) in [4.78, 5) is 26.1. The third-order valence-corrected chi connectivity index (χ3v) is 6.16. The highest BCUT2D eigenvalue weighted by Gasteiger charge is 2.21. The van der Waals surface area contributed by atoms with E-state index >= 15 is 0 Å². The van der Waals surface area contributed by atoms with Crippen LogP contribution in [0.15, 0.2) is 22.0 Å². The van der Waals surface area contributed by atoms with Crippen LogP contribution in [0.3, 0.4) is 0 Å². The smallest absolute Gasteiger partial charge is 0.222 e. The van der Waals surface area contributed by atoms with Crippen LogP contribution in [0.5, 0.6) is 0 Å². The van der Waals surface area contributed by atoms with E-state index in [0.717, 1.165) is 61.3 Å². The predicted octanol–water partition coefficient (Wildman–Crippen LogP) is 3.15. The van der Waals surface area contributed by atoms with Gasteiger partial charge in [0, 0.05) is 50.5 Å². The zero-order valence-electron chi connectivity index (χ0n) is 15.7. The van der Waals surface area contributed by atoms with Gasteiger partial charge < -0.3 is 4.90 Å². The van der Waals surface area contributed by atoms with Crippen molar-refractivity contribution in [1.29, 1.82) is 0 Å². The summed E-state index contributed by atoms with van der Waals surface area (Å²) in [6, 6.07) is 2.18. The minimum absolute atomic E-state index is 0.243. The first-order valence-corrected chi connectivity index (χ1v) is 11.1. The van der Waals surface area contributed by atoms with Gasteiger partial charge in [-0.1, -0.05) is 11.8 Å². The summed E-state index contributed by atoms with van der Waals surface area (Å²) < 4.78 is 0. The van der Waals surface area contributed by atoms with Gasteiger partial charge in [0.25, 0.3) is 0 Å². The van der Waals surface area contributed by atoms with E-state index in [9.17, 15) is 4.79 Å². The minimum atomic E-state index is 0.243. The molecule has 0 unspecified atom stereocenters. The van der Waals surface area contributed by atoms with Crippen molar-refractivity contribution >= 4 is 29.0 Å². The number of hydrogen-bond acceptors (Lipinski definition) is 6. The molecule has 7 heteroatoms. The standard InChI is InChI=1S/C19H26N4OS2/c1-14-17(15(2)21-19(20-14)25-3)4-5-18(24)23-9-7-22(8-10-23)12-16-6-11-26-13-16/h6,11,13H,4-5,7-10,12H2,1-3H3. The Morgan fingerprint density at radius 2 is 1.88 bits per heavy atom. The molecule has 1 aliphatic heterocycles. The molecule has 3 rings (SSSR count). The maximum absolute atomic E-state index is 12.6. The maximum atomic E-state index is 12.6. The van der Waals surface area contributed by atoms with Crippen molar-refractivity contribution in [3.8, 4) is 0 Å². The van der Waals surface area contributed by atoms with Gasteiger partial charge in [-0.05, 0) is 54.5 Å². The molecule has 0 aliphatic carbocycles. The van der Waals surface area contributed by atoms with Gasteiger partial charge in [0.05, 0.1) is 0 Å². The van der Waals surface area contributed by atoms with Gasteiger partial charge in [-0.3, -0.25) is 9.69 Å². The Hall–Kier alpha value is -1.44. The Morgan fingerprint density at radius 3 is 2.46 bits per heavy atom. The van der Waals surface area contributed by atoms with Gasteiger partial charge in [-0.25, -0.2) is 9.97 Å². The molecular weight excluding hydrogens is 364 g/mol. The highest BCUT2D eigenvalue weighted by molar-refractivity contribution is 7.98. The average Bonchev–Trinajstić information content (AvgIpc) is 3.14. The van der Waals surface area contributed by atoms with E-state index in [1.54, 1.807) is 23.1 Å². The van der Waals surface area contributed by atoms with Gasteiger partial charge in [-0.15, -0.1) is 0 Å². The van der Waals surface area contributed by atoms with Crippen LogP contribution in [0.2, 0.25) is 0 Å². The molecule has 2 aromatic heterocycles. The maximum Gasteiger partial charge on any atom is 0.222 e. The lowest BCUT2D eigenvalue weighted by Gasteiger charge is -2.34. The number of aryl methyl sites for hydroxylation is 2. The lowest BCUT2D eigenvalue weighted by molar-refractivity contribution is -0.133. The number of thiophene rings is 1. The van der Waals surface area contributed by atoms with Crippen LogP contribution in [-0.2, 0) is 17.8 Å². The zero-order chi connectivity index (χ0) is 18.5. The fourth-order valence-corrected chi connectivity index (χ4v) is 4.46. The number of amides is 1. The van der Waals surface area contributed by atoms with Gasteiger partial charge in [-0.2, -0.15) is 11.3 Å². The molecule has 3 heterocycles. The number of carbonyl (C=O) groups excluding carboxylic acids is 1. The van der Waals surface area contributed by atoms with Gasteiger partial charge in [0.2, 0.25) is 5.91 Å². The molecule has 0 bridgehead atoms. The van der Waals surface area contributed by atoms with Crippen molar-refractivity contribution in [2.24, 2.45) is 0 Å². The summed E-state index contributed by atoms with van der Waals surface area (Å²) in [5.74, 6) is 0.243. The van der Waals surface area contributed by atoms with Crippen LogP contribution in [0.25, 0.3) is 0 Å². The Balaban J connectivity index is 1.49. The van der Waals surface area contributed by atoms with Crippen LogP contribution in [0.1, 0.15) is 28.9 Å². The summed E-state index contributed by atoms with van der Waals surface area (Å²) >= 11 is 3.29. The van der Waals surface area contributed by atoms with Crippen LogP contribution < -0.4 is 0 Å². The molecule has 2 aromatic rings. The molecule has 0 spiro atoms. The molecular formula is C19H26N4OS2. The van der Waals surface area contributed by atoms with E-state index in [4.69, 9.17) is 0 Å². The number of carbonyl (C=O) groups is 1. The Morgan fingerprint density at radius 1 is 1.19 bits per heavy atom. The van der Waals surface area contributed by atoms with E-state index in [2.05, 4.69) is 31.7 Å². The number of hydrogen-bond donors (Lipinski definition) is 0. The lowest BCUT2D eigenvalue weighted by atomic mass is 10.1. The lowest BCUT2D eigenvalue weighted by Crippen LogP contribution is -2.48. The first-order valence-electron chi connectivity index (χ1n) is 8.96. The van der Waals surface area contributed by atoms with E-state index in [1.807, 2.05) is 25.0 Å². The summed E-state index contributed by atoms with van der Waals surface area (Å²) in [5.41, 5.74) is 4.48. The summed E-state index contributed by atoms with van der Waals surface area (Å²) in [5, 5.41) is 5.12. The average molecular weight is 391 g/mol. The van der Waals surface area contributed by atoms with Crippen molar-refractivity contribution < 1.29 is 4.79 Å². The largest absolute Gasteiger partial charge is 0.340 e. The van der Waals surface area contributed by atoms with E-state index in [-0.39, 0.29) is 5.91 Å². The Labute approximate surface area is 163 Å². The molecule has 1 aliphatic rings. The second-order valence-corrected chi connectivity index (χ2v) is 8.20. The van der Waals surface area contributed by atoms with Crippen molar-refractivity contribution in [2.75, 3.05) is 32.4 Å². The predicted molar refractivity (Wildman–Crippen MR) is 108 cm³/mol. The minimum Gasteiger partial charge on any atom is -0.340 e. The number of rotatable bonds is 6. The highest BCUT2D eigenvalue weighted by atomic mass is 32.2. The van der Waals surface area contributed by atoms with E-state index in [0.29, 0.717) is 6.42 Å². The number of thioether (sulfide) groups is 1. The zero-order valence-corrected chi connectivity index (χ0v) is 17.3. The second-order valence-electron chi connectivity index (χ2n) is 6.65. The fraction of sp³-hybridized carbons (Fsp3) is 0.526.